The molecule has 0 aliphatic carbocycles. The molecule has 0 saturated heterocycles. The minimum atomic E-state index is -0.294. The van der Waals surface area contributed by atoms with E-state index in [1.165, 1.54) is 23.1 Å². The molecule has 0 aliphatic rings. The number of carbonyl (C=O) groups is 1. The lowest BCUT2D eigenvalue weighted by molar-refractivity contribution is -0.120. The summed E-state index contributed by atoms with van der Waals surface area (Å²) in [7, 11) is 0. The number of H-pyrrole nitrogens is 1. The van der Waals surface area contributed by atoms with Crippen molar-refractivity contribution in [2.24, 2.45) is 0 Å². The lowest BCUT2D eigenvalue weighted by Gasteiger charge is -2.10. The highest BCUT2D eigenvalue weighted by Crippen LogP contribution is 2.30. The Hall–Kier alpha value is -3.34. The molecule has 2 N–H and O–H groups in total. The van der Waals surface area contributed by atoms with Gasteiger partial charge in [-0.25, -0.2) is 4.98 Å². The summed E-state index contributed by atoms with van der Waals surface area (Å²) in [4.78, 5) is 33.2. The van der Waals surface area contributed by atoms with Crippen LogP contribution in [-0.4, -0.2) is 27.7 Å². The van der Waals surface area contributed by atoms with Crippen LogP contribution in [-0.2, 0) is 10.5 Å². The summed E-state index contributed by atoms with van der Waals surface area (Å²) in [5.41, 5.74) is 2.65. The highest BCUT2D eigenvalue weighted by atomic mass is 32.2. The summed E-state index contributed by atoms with van der Waals surface area (Å²) in [5, 5.41) is 5.11. The summed E-state index contributed by atoms with van der Waals surface area (Å²) < 4.78 is 0. The Morgan fingerprint density at radius 1 is 1.16 bits per heavy atom. The molecule has 0 radical (unpaired) electrons. The first-order chi connectivity index (χ1) is 15.6. The monoisotopic (exact) mass is 459 g/mol. The number of aromatic amines is 1. The number of nitrogens with zero attached hydrogens (tertiary/aromatic N) is 1. The van der Waals surface area contributed by atoms with Gasteiger partial charge in [0.1, 0.15) is 10.7 Å². The number of aromatic nitrogens is 2. The Kier molecular flexibility index (Phi) is 7.05. The second kappa shape index (κ2) is 10.3. The van der Waals surface area contributed by atoms with E-state index in [1.54, 1.807) is 0 Å². The fourth-order valence-corrected chi connectivity index (χ4v) is 4.86. The molecule has 0 unspecified atom stereocenters. The van der Waals surface area contributed by atoms with Gasteiger partial charge in [0.05, 0.1) is 22.9 Å². The lowest BCUT2D eigenvalue weighted by Crippen LogP contribution is -2.31. The molecule has 2 aromatic heterocycles. The molecule has 2 heterocycles. The average Bonchev–Trinajstić information content (AvgIpc) is 3.26. The number of fused-ring (bicyclic) bond motifs is 1. The molecule has 0 bridgehead atoms. The highest BCUT2D eigenvalue weighted by molar-refractivity contribution is 7.99. The zero-order chi connectivity index (χ0) is 22.3. The van der Waals surface area contributed by atoms with Crippen LogP contribution in [0.1, 0.15) is 18.3 Å². The van der Waals surface area contributed by atoms with Gasteiger partial charge in [0, 0.05) is 16.5 Å². The molecule has 0 spiro atoms. The minimum absolute atomic E-state index is 0.0942. The zero-order valence-electron chi connectivity index (χ0n) is 17.4. The van der Waals surface area contributed by atoms with Crippen LogP contribution in [0.3, 0.4) is 0 Å². The van der Waals surface area contributed by atoms with Crippen molar-refractivity contribution in [2.75, 3.05) is 6.54 Å². The topological polar surface area (TPSA) is 74.8 Å². The van der Waals surface area contributed by atoms with E-state index < -0.39 is 0 Å². The van der Waals surface area contributed by atoms with Gasteiger partial charge in [-0.2, -0.15) is 0 Å². The maximum Gasteiger partial charge on any atom is 0.260 e. The third kappa shape index (κ3) is 5.28. The number of carbonyl (C=O) groups excluding carboxylic acids is 1. The molecule has 2 aromatic carbocycles. The van der Waals surface area contributed by atoms with Crippen LogP contribution in [0.15, 0.2) is 70.8 Å². The van der Waals surface area contributed by atoms with Crippen molar-refractivity contribution >= 4 is 39.2 Å². The molecule has 4 rings (SSSR count). The summed E-state index contributed by atoms with van der Waals surface area (Å²) in [6.07, 6.45) is 0. The van der Waals surface area contributed by atoms with Gasteiger partial charge in [-0.05, 0) is 24.6 Å². The van der Waals surface area contributed by atoms with Crippen LogP contribution in [0.4, 0.5) is 0 Å². The van der Waals surface area contributed by atoms with E-state index in [0.717, 1.165) is 16.7 Å². The SMILES string of the molecule is C[C@H](SCc1nc2scc(-c3ccccc3)c2c(=O)[nH]1)C(=O)NCC#Cc1ccccc1. The molecule has 4 aromatic rings. The van der Waals surface area contributed by atoms with Crippen molar-refractivity contribution in [3.8, 4) is 23.0 Å². The number of hydrogen-bond acceptors (Lipinski definition) is 5. The van der Waals surface area contributed by atoms with Gasteiger partial charge in [0.25, 0.3) is 5.56 Å². The smallest absolute Gasteiger partial charge is 0.260 e. The first-order valence-corrected chi connectivity index (χ1v) is 12.0. The maximum absolute atomic E-state index is 12.7. The second-order valence-corrected chi connectivity index (χ2v) is 9.23. The number of hydrogen-bond donors (Lipinski definition) is 2. The predicted octanol–water partition coefficient (Wildman–Crippen LogP) is 4.44. The second-order valence-electron chi connectivity index (χ2n) is 7.05. The Morgan fingerprint density at radius 3 is 2.62 bits per heavy atom. The highest BCUT2D eigenvalue weighted by Gasteiger charge is 2.16. The maximum atomic E-state index is 12.7. The molecule has 160 valence electrons. The molecule has 32 heavy (non-hydrogen) atoms. The van der Waals surface area contributed by atoms with Crippen molar-refractivity contribution in [2.45, 2.75) is 17.9 Å². The van der Waals surface area contributed by atoms with Crippen molar-refractivity contribution in [3.05, 3.63) is 87.8 Å². The fraction of sp³-hybridized carbons (Fsp3) is 0.160. The van der Waals surface area contributed by atoms with E-state index in [9.17, 15) is 9.59 Å². The summed E-state index contributed by atoms with van der Waals surface area (Å²) in [6, 6.07) is 19.4. The van der Waals surface area contributed by atoms with Gasteiger partial charge < -0.3 is 10.3 Å². The van der Waals surface area contributed by atoms with Gasteiger partial charge in [0.15, 0.2) is 0 Å². The van der Waals surface area contributed by atoms with E-state index in [1.807, 2.05) is 73.0 Å². The first-order valence-electron chi connectivity index (χ1n) is 10.1. The number of thioether (sulfide) groups is 1. The van der Waals surface area contributed by atoms with E-state index in [-0.39, 0.29) is 23.3 Å². The minimum Gasteiger partial charge on any atom is -0.344 e. The number of rotatable bonds is 6. The standard InChI is InChI=1S/C25H21N3O2S2/c1-17(23(29)26-14-8-11-18-9-4-2-5-10-18)31-16-21-27-24(30)22-20(15-32-25(22)28-21)19-12-6-3-7-13-19/h2-7,9-10,12-13,15,17H,14,16H2,1H3,(H,26,29)(H,27,28,30)/t17-/m0/s1. The Morgan fingerprint density at radius 2 is 1.88 bits per heavy atom. The van der Waals surface area contributed by atoms with E-state index in [2.05, 4.69) is 27.1 Å². The Balaban J connectivity index is 1.36. The summed E-state index contributed by atoms with van der Waals surface area (Å²) in [5.74, 6) is 6.88. The van der Waals surface area contributed by atoms with Gasteiger partial charge >= 0.3 is 0 Å². The summed E-state index contributed by atoms with van der Waals surface area (Å²) >= 11 is 2.88. The van der Waals surface area contributed by atoms with E-state index in [0.29, 0.717) is 21.8 Å². The zero-order valence-corrected chi connectivity index (χ0v) is 19.1. The molecule has 0 aliphatic heterocycles. The number of benzene rings is 2. The van der Waals surface area contributed by atoms with E-state index >= 15 is 0 Å². The van der Waals surface area contributed by atoms with Gasteiger partial charge in [-0.15, -0.1) is 23.1 Å². The first kappa shape index (κ1) is 21.9. The fourth-order valence-electron chi connectivity index (χ4n) is 3.11. The molecule has 0 fully saturated rings. The molecule has 5 nitrogen and oxygen atoms in total. The number of nitrogens with one attached hydrogen (secondary N) is 2. The molecule has 1 atom stereocenters. The van der Waals surface area contributed by atoms with Crippen LogP contribution in [0.5, 0.6) is 0 Å². The largest absolute Gasteiger partial charge is 0.344 e. The third-order valence-corrected chi connectivity index (χ3v) is 6.80. The van der Waals surface area contributed by atoms with Crippen LogP contribution >= 0.6 is 23.1 Å². The predicted molar refractivity (Wildman–Crippen MR) is 133 cm³/mol. The Bertz CT molecular complexity index is 1340. The van der Waals surface area contributed by atoms with Crippen LogP contribution in [0, 0.1) is 11.8 Å². The van der Waals surface area contributed by atoms with Crippen molar-refractivity contribution < 1.29 is 4.79 Å². The van der Waals surface area contributed by atoms with Crippen LogP contribution in [0.25, 0.3) is 21.3 Å². The van der Waals surface area contributed by atoms with Gasteiger partial charge in [-0.1, -0.05) is 60.4 Å². The van der Waals surface area contributed by atoms with Crippen molar-refractivity contribution in [3.63, 3.8) is 0 Å². The molecule has 0 saturated carbocycles. The number of amides is 1. The van der Waals surface area contributed by atoms with Crippen LogP contribution in [0.2, 0.25) is 0 Å². The average molecular weight is 460 g/mol. The van der Waals surface area contributed by atoms with Crippen molar-refractivity contribution in [1.29, 1.82) is 0 Å². The molecular weight excluding hydrogens is 438 g/mol. The normalized spacial score (nSPS) is 11.5. The number of thiophene rings is 1. The molecule has 1 amide bonds. The third-order valence-electron chi connectivity index (χ3n) is 4.77. The van der Waals surface area contributed by atoms with Crippen molar-refractivity contribution in [1.82, 2.24) is 15.3 Å². The molecular formula is C25H21N3O2S2. The molecule has 7 heteroatoms. The quantitative estimate of drug-likeness (QED) is 0.418. The summed E-state index contributed by atoms with van der Waals surface area (Å²) in [6.45, 7) is 2.12. The lowest BCUT2D eigenvalue weighted by atomic mass is 10.1. The van der Waals surface area contributed by atoms with E-state index in [4.69, 9.17) is 0 Å². The van der Waals surface area contributed by atoms with Gasteiger partial charge in [-0.3, -0.25) is 9.59 Å². The van der Waals surface area contributed by atoms with Gasteiger partial charge in [0.2, 0.25) is 5.91 Å². The Labute approximate surface area is 194 Å². The van der Waals surface area contributed by atoms with Crippen LogP contribution < -0.4 is 10.9 Å².